The summed E-state index contributed by atoms with van der Waals surface area (Å²) in [5, 5.41) is 3.35. The summed E-state index contributed by atoms with van der Waals surface area (Å²) >= 11 is 0. The number of aromatic nitrogens is 2. The fourth-order valence-corrected chi connectivity index (χ4v) is 2.11. The standard InChI is InChI=1S/C15H19FN4/c1-2-5-20-15(12-3-6-19-10-13(12)16)8-11-9-18-7-4-14(11)17/h3-4,6-7,9-10,15,20H,2,5,8H2,1H3,(H2,17,18). The van der Waals surface area contributed by atoms with Crippen LogP contribution in [0.5, 0.6) is 0 Å². The summed E-state index contributed by atoms with van der Waals surface area (Å²) in [5.74, 6) is -0.302. The molecule has 0 aromatic carbocycles. The van der Waals surface area contributed by atoms with Crippen molar-refractivity contribution >= 4 is 5.69 Å². The van der Waals surface area contributed by atoms with Gasteiger partial charge in [0.2, 0.25) is 0 Å². The van der Waals surface area contributed by atoms with Gasteiger partial charge in [-0.05, 0) is 37.1 Å². The van der Waals surface area contributed by atoms with Gasteiger partial charge in [0.05, 0.1) is 6.20 Å². The number of pyridine rings is 2. The molecule has 0 spiro atoms. The third kappa shape index (κ3) is 3.51. The van der Waals surface area contributed by atoms with Gasteiger partial charge in [-0.25, -0.2) is 4.39 Å². The Labute approximate surface area is 118 Å². The van der Waals surface area contributed by atoms with E-state index in [1.54, 1.807) is 30.7 Å². The lowest BCUT2D eigenvalue weighted by molar-refractivity contribution is 0.495. The second-order valence-corrected chi connectivity index (χ2v) is 4.68. The number of nitrogens with two attached hydrogens (primary N) is 1. The number of nitrogens with one attached hydrogen (secondary N) is 1. The number of nitrogen functional groups attached to an aromatic ring is 1. The van der Waals surface area contributed by atoms with Crippen molar-refractivity contribution in [1.82, 2.24) is 15.3 Å². The van der Waals surface area contributed by atoms with Crippen LogP contribution in [-0.2, 0) is 6.42 Å². The van der Waals surface area contributed by atoms with Gasteiger partial charge in [0.1, 0.15) is 5.82 Å². The molecule has 106 valence electrons. The van der Waals surface area contributed by atoms with E-state index in [9.17, 15) is 4.39 Å². The summed E-state index contributed by atoms with van der Waals surface area (Å²) in [6, 6.07) is 3.33. The average molecular weight is 274 g/mol. The molecule has 2 aromatic rings. The summed E-state index contributed by atoms with van der Waals surface area (Å²) in [6.07, 6.45) is 7.80. The van der Waals surface area contributed by atoms with Crippen LogP contribution >= 0.6 is 0 Å². The summed E-state index contributed by atoms with van der Waals surface area (Å²) in [5.41, 5.74) is 8.14. The van der Waals surface area contributed by atoms with E-state index in [4.69, 9.17) is 5.73 Å². The van der Waals surface area contributed by atoms with Gasteiger partial charge in [0, 0.05) is 35.9 Å². The molecule has 0 saturated carbocycles. The van der Waals surface area contributed by atoms with E-state index in [0.717, 1.165) is 18.5 Å². The molecule has 4 nitrogen and oxygen atoms in total. The van der Waals surface area contributed by atoms with Crippen molar-refractivity contribution in [1.29, 1.82) is 0 Å². The maximum atomic E-state index is 13.9. The molecule has 2 heterocycles. The molecule has 2 aromatic heterocycles. The highest BCUT2D eigenvalue weighted by molar-refractivity contribution is 5.45. The van der Waals surface area contributed by atoms with E-state index < -0.39 is 0 Å². The second kappa shape index (κ2) is 6.96. The molecule has 3 N–H and O–H groups in total. The smallest absolute Gasteiger partial charge is 0.146 e. The lowest BCUT2D eigenvalue weighted by atomic mass is 9.99. The van der Waals surface area contributed by atoms with Gasteiger partial charge in [-0.2, -0.15) is 0 Å². The Morgan fingerprint density at radius 3 is 2.70 bits per heavy atom. The third-order valence-corrected chi connectivity index (χ3v) is 3.19. The predicted molar refractivity (Wildman–Crippen MR) is 77.6 cm³/mol. The second-order valence-electron chi connectivity index (χ2n) is 4.68. The van der Waals surface area contributed by atoms with Crippen molar-refractivity contribution in [3.63, 3.8) is 0 Å². The molecular formula is C15H19FN4. The van der Waals surface area contributed by atoms with Gasteiger partial charge < -0.3 is 11.1 Å². The Hall–Kier alpha value is -2.01. The van der Waals surface area contributed by atoms with Crippen LogP contribution in [0, 0.1) is 5.82 Å². The lowest BCUT2D eigenvalue weighted by Crippen LogP contribution is -2.25. The molecule has 0 fully saturated rings. The Morgan fingerprint density at radius 2 is 2.00 bits per heavy atom. The zero-order valence-electron chi connectivity index (χ0n) is 11.5. The van der Waals surface area contributed by atoms with E-state index >= 15 is 0 Å². The van der Waals surface area contributed by atoms with Gasteiger partial charge >= 0.3 is 0 Å². The summed E-state index contributed by atoms with van der Waals surface area (Å²) in [7, 11) is 0. The molecule has 1 unspecified atom stereocenters. The van der Waals surface area contributed by atoms with Crippen LogP contribution in [0.1, 0.15) is 30.5 Å². The first-order valence-corrected chi connectivity index (χ1v) is 6.73. The molecule has 1 atom stereocenters. The van der Waals surface area contributed by atoms with Crippen molar-refractivity contribution in [3.05, 3.63) is 53.9 Å². The molecule has 0 bridgehead atoms. The van der Waals surface area contributed by atoms with Gasteiger partial charge in [-0.15, -0.1) is 0 Å². The van der Waals surface area contributed by atoms with Crippen LogP contribution < -0.4 is 11.1 Å². The largest absolute Gasteiger partial charge is 0.398 e. The fraction of sp³-hybridized carbons (Fsp3) is 0.333. The highest BCUT2D eigenvalue weighted by Gasteiger charge is 2.16. The van der Waals surface area contributed by atoms with E-state index in [0.29, 0.717) is 17.7 Å². The van der Waals surface area contributed by atoms with E-state index in [1.165, 1.54) is 6.20 Å². The van der Waals surface area contributed by atoms with Crippen molar-refractivity contribution in [2.45, 2.75) is 25.8 Å². The summed E-state index contributed by atoms with van der Waals surface area (Å²) < 4.78 is 13.9. The lowest BCUT2D eigenvalue weighted by Gasteiger charge is -2.20. The normalized spacial score (nSPS) is 12.3. The monoisotopic (exact) mass is 274 g/mol. The minimum absolute atomic E-state index is 0.135. The first-order chi connectivity index (χ1) is 9.72. The minimum atomic E-state index is -0.302. The zero-order valence-corrected chi connectivity index (χ0v) is 11.5. The number of nitrogens with zero attached hydrogens (tertiary/aromatic N) is 2. The van der Waals surface area contributed by atoms with Crippen LogP contribution in [0.3, 0.4) is 0 Å². The summed E-state index contributed by atoms with van der Waals surface area (Å²) in [4.78, 5) is 7.87. The highest BCUT2D eigenvalue weighted by atomic mass is 19.1. The molecule has 0 saturated heterocycles. The third-order valence-electron chi connectivity index (χ3n) is 3.19. The van der Waals surface area contributed by atoms with Gasteiger partial charge in [0.25, 0.3) is 0 Å². The molecule has 20 heavy (non-hydrogen) atoms. The van der Waals surface area contributed by atoms with Crippen LogP contribution in [0.25, 0.3) is 0 Å². The van der Waals surface area contributed by atoms with Crippen LogP contribution in [-0.4, -0.2) is 16.5 Å². The van der Waals surface area contributed by atoms with Crippen LogP contribution in [0.4, 0.5) is 10.1 Å². The van der Waals surface area contributed by atoms with Crippen molar-refractivity contribution in [3.8, 4) is 0 Å². The number of hydrogen-bond acceptors (Lipinski definition) is 4. The molecular weight excluding hydrogens is 255 g/mol. The quantitative estimate of drug-likeness (QED) is 0.849. The first-order valence-electron chi connectivity index (χ1n) is 6.73. The van der Waals surface area contributed by atoms with Crippen LogP contribution in [0.15, 0.2) is 36.9 Å². The SMILES string of the molecule is CCCNC(Cc1cnccc1N)c1ccncc1F. The van der Waals surface area contributed by atoms with E-state index in [2.05, 4.69) is 22.2 Å². The van der Waals surface area contributed by atoms with Gasteiger partial charge in [-0.3, -0.25) is 9.97 Å². The van der Waals surface area contributed by atoms with Crippen molar-refractivity contribution < 1.29 is 4.39 Å². The van der Waals surface area contributed by atoms with Crippen molar-refractivity contribution in [2.75, 3.05) is 12.3 Å². The Kier molecular flexibility index (Phi) is 5.01. The van der Waals surface area contributed by atoms with Crippen LogP contribution in [0.2, 0.25) is 0 Å². The molecule has 0 aliphatic heterocycles. The first kappa shape index (κ1) is 14.4. The number of hydrogen-bond donors (Lipinski definition) is 2. The maximum absolute atomic E-state index is 13.9. The average Bonchev–Trinajstić information content (AvgIpc) is 2.46. The molecule has 0 radical (unpaired) electrons. The zero-order chi connectivity index (χ0) is 14.4. The maximum Gasteiger partial charge on any atom is 0.146 e. The fourth-order valence-electron chi connectivity index (χ4n) is 2.11. The Morgan fingerprint density at radius 1 is 1.25 bits per heavy atom. The molecule has 2 rings (SSSR count). The Balaban J connectivity index is 2.24. The predicted octanol–water partition coefficient (Wildman–Crippen LogP) is 2.48. The number of anilines is 1. The van der Waals surface area contributed by atoms with Gasteiger partial charge in [0.15, 0.2) is 0 Å². The van der Waals surface area contributed by atoms with E-state index in [1.807, 2.05) is 0 Å². The molecule has 0 aliphatic rings. The topological polar surface area (TPSA) is 63.8 Å². The van der Waals surface area contributed by atoms with Crippen molar-refractivity contribution in [2.24, 2.45) is 0 Å². The molecule has 0 aliphatic carbocycles. The summed E-state index contributed by atoms with van der Waals surface area (Å²) in [6.45, 7) is 2.89. The molecule has 0 amide bonds. The van der Waals surface area contributed by atoms with E-state index in [-0.39, 0.29) is 11.9 Å². The minimum Gasteiger partial charge on any atom is -0.398 e. The Bertz CT molecular complexity index is 559. The number of halogens is 1. The molecule has 5 heteroatoms. The number of rotatable bonds is 6. The highest BCUT2D eigenvalue weighted by Crippen LogP contribution is 2.23. The van der Waals surface area contributed by atoms with Gasteiger partial charge in [-0.1, -0.05) is 6.92 Å².